The van der Waals surface area contributed by atoms with E-state index in [9.17, 15) is 22.0 Å². The molecule has 2 fully saturated rings. The van der Waals surface area contributed by atoms with Gasteiger partial charge in [-0.2, -0.15) is 17.0 Å². The van der Waals surface area contributed by atoms with Gasteiger partial charge in [0.1, 0.15) is 11.6 Å². The lowest BCUT2D eigenvalue weighted by atomic mass is 9.98. The van der Waals surface area contributed by atoms with Crippen LogP contribution >= 0.6 is 0 Å². The number of hydrogen-bond acceptors (Lipinski definition) is 3. The lowest BCUT2D eigenvalue weighted by molar-refractivity contribution is -0.120. The molecule has 1 aromatic rings. The largest absolute Gasteiger partial charge is 0.323 e. The summed E-state index contributed by atoms with van der Waals surface area (Å²) in [6.07, 6.45) is 4.85. The topological polar surface area (TPSA) is 69.7 Å². The standard InChI is InChI=1S/C18H25F2N3O3S/c19-15-7-8-17(16(20)12-15)21-18(24)14-6-5-11-23(13-14)27(25,26)22-9-3-1-2-4-10-22/h7-8,12,14H,1-6,9-11,13H2,(H,21,24). The van der Waals surface area contributed by atoms with Crippen molar-refractivity contribution in [3.63, 3.8) is 0 Å². The molecule has 0 radical (unpaired) electrons. The molecule has 1 amide bonds. The fraction of sp³-hybridized carbons (Fsp3) is 0.611. The van der Waals surface area contributed by atoms with Crippen LogP contribution in [0.3, 0.4) is 0 Å². The van der Waals surface area contributed by atoms with Gasteiger partial charge >= 0.3 is 0 Å². The molecule has 0 bridgehead atoms. The van der Waals surface area contributed by atoms with Crippen molar-refractivity contribution in [2.75, 3.05) is 31.5 Å². The number of rotatable bonds is 4. The van der Waals surface area contributed by atoms with Crippen molar-refractivity contribution in [2.45, 2.75) is 38.5 Å². The molecule has 2 saturated heterocycles. The molecule has 6 nitrogen and oxygen atoms in total. The van der Waals surface area contributed by atoms with E-state index < -0.39 is 33.7 Å². The van der Waals surface area contributed by atoms with Crippen LogP contribution in [0.4, 0.5) is 14.5 Å². The maximum atomic E-state index is 13.8. The first-order valence-electron chi connectivity index (χ1n) is 9.39. The minimum Gasteiger partial charge on any atom is -0.323 e. The Morgan fingerprint density at radius 2 is 1.67 bits per heavy atom. The van der Waals surface area contributed by atoms with Gasteiger partial charge in [-0.15, -0.1) is 0 Å². The molecule has 2 heterocycles. The highest BCUT2D eigenvalue weighted by molar-refractivity contribution is 7.86. The van der Waals surface area contributed by atoms with Crippen molar-refractivity contribution in [3.8, 4) is 0 Å². The van der Waals surface area contributed by atoms with Gasteiger partial charge in [0.05, 0.1) is 11.6 Å². The van der Waals surface area contributed by atoms with Crippen molar-refractivity contribution >= 4 is 21.8 Å². The van der Waals surface area contributed by atoms with Crippen LogP contribution in [-0.2, 0) is 15.0 Å². The average Bonchev–Trinajstić information content (AvgIpc) is 2.94. The first-order valence-corrected chi connectivity index (χ1v) is 10.8. The van der Waals surface area contributed by atoms with E-state index in [1.165, 1.54) is 8.61 Å². The maximum Gasteiger partial charge on any atom is 0.281 e. The van der Waals surface area contributed by atoms with Gasteiger partial charge in [0.2, 0.25) is 5.91 Å². The first-order chi connectivity index (χ1) is 12.9. The van der Waals surface area contributed by atoms with E-state index >= 15 is 0 Å². The molecule has 3 rings (SSSR count). The van der Waals surface area contributed by atoms with Gasteiger partial charge in [-0.25, -0.2) is 8.78 Å². The normalized spacial score (nSPS) is 23.0. The van der Waals surface area contributed by atoms with Crippen LogP contribution in [0.1, 0.15) is 38.5 Å². The molecular formula is C18H25F2N3O3S. The Hall–Kier alpha value is -1.58. The molecule has 1 N–H and O–H groups in total. The number of amides is 1. The van der Waals surface area contributed by atoms with E-state index in [2.05, 4.69) is 5.32 Å². The van der Waals surface area contributed by atoms with Crippen LogP contribution in [-0.4, -0.2) is 49.1 Å². The number of halogens is 2. The summed E-state index contributed by atoms with van der Waals surface area (Å²) in [5.41, 5.74) is -0.103. The van der Waals surface area contributed by atoms with E-state index in [0.717, 1.165) is 37.8 Å². The van der Waals surface area contributed by atoms with Crippen LogP contribution in [0.15, 0.2) is 18.2 Å². The zero-order chi connectivity index (χ0) is 19.4. The molecule has 2 aliphatic heterocycles. The van der Waals surface area contributed by atoms with Gasteiger partial charge in [0.15, 0.2) is 0 Å². The Kier molecular flexibility index (Phi) is 6.44. The van der Waals surface area contributed by atoms with Gasteiger partial charge in [-0.1, -0.05) is 12.8 Å². The Labute approximate surface area is 158 Å². The monoisotopic (exact) mass is 401 g/mol. The van der Waals surface area contributed by atoms with Crippen molar-refractivity contribution in [1.29, 1.82) is 0 Å². The molecule has 2 aliphatic rings. The van der Waals surface area contributed by atoms with E-state index in [1.54, 1.807) is 0 Å². The summed E-state index contributed by atoms with van der Waals surface area (Å²) in [6, 6.07) is 2.93. The summed E-state index contributed by atoms with van der Waals surface area (Å²) in [4.78, 5) is 12.5. The highest BCUT2D eigenvalue weighted by Crippen LogP contribution is 2.25. The summed E-state index contributed by atoms with van der Waals surface area (Å²) in [7, 11) is -3.60. The number of nitrogens with one attached hydrogen (secondary N) is 1. The Morgan fingerprint density at radius 1 is 1.00 bits per heavy atom. The summed E-state index contributed by atoms with van der Waals surface area (Å²) >= 11 is 0. The molecule has 150 valence electrons. The first kappa shape index (κ1) is 20.2. The fourth-order valence-electron chi connectivity index (χ4n) is 3.63. The van der Waals surface area contributed by atoms with Crippen molar-refractivity contribution < 1.29 is 22.0 Å². The third-order valence-electron chi connectivity index (χ3n) is 5.16. The minimum absolute atomic E-state index is 0.0769. The van der Waals surface area contributed by atoms with Crippen molar-refractivity contribution in [1.82, 2.24) is 8.61 Å². The van der Waals surface area contributed by atoms with Gasteiger partial charge in [0.25, 0.3) is 10.2 Å². The molecule has 1 atom stereocenters. The Bertz CT molecular complexity index is 780. The zero-order valence-electron chi connectivity index (χ0n) is 15.2. The third kappa shape index (κ3) is 4.83. The number of carbonyl (C=O) groups is 1. The number of anilines is 1. The number of carbonyl (C=O) groups excluding carboxylic acids is 1. The Balaban J connectivity index is 1.66. The molecule has 1 aromatic carbocycles. The van der Waals surface area contributed by atoms with Crippen LogP contribution in [0, 0.1) is 17.6 Å². The summed E-state index contributed by atoms with van der Waals surface area (Å²) in [5, 5.41) is 2.45. The predicted octanol–water partition coefficient (Wildman–Crippen LogP) is 2.74. The number of nitrogens with zero attached hydrogens (tertiary/aromatic N) is 2. The molecule has 1 unspecified atom stereocenters. The van der Waals surface area contributed by atoms with Gasteiger partial charge in [-0.3, -0.25) is 4.79 Å². The average molecular weight is 401 g/mol. The zero-order valence-corrected chi connectivity index (χ0v) is 16.0. The molecular weight excluding hydrogens is 376 g/mol. The summed E-state index contributed by atoms with van der Waals surface area (Å²) in [6.45, 7) is 1.48. The van der Waals surface area contributed by atoms with Crippen LogP contribution in [0.5, 0.6) is 0 Å². The number of piperidine rings is 1. The van der Waals surface area contributed by atoms with E-state index in [-0.39, 0.29) is 12.2 Å². The number of hydrogen-bond donors (Lipinski definition) is 1. The molecule has 0 spiro atoms. The van der Waals surface area contributed by atoms with E-state index in [4.69, 9.17) is 0 Å². The number of benzene rings is 1. The third-order valence-corrected chi connectivity index (χ3v) is 7.16. The molecule has 0 saturated carbocycles. The highest BCUT2D eigenvalue weighted by atomic mass is 32.2. The van der Waals surface area contributed by atoms with Crippen LogP contribution in [0.25, 0.3) is 0 Å². The van der Waals surface area contributed by atoms with E-state index in [1.807, 2.05) is 0 Å². The van der Waals surface area contributed by atoms with Crippen LogP contribution < -0.4 is 5.32 Å². The lowest BCUT2D eigenvalue weighted by Gasteiger charge is -2.34. The maximum absolute atomic E-state index is 13.8. The summed E-state index contributed by atoms with van der Waals surface area (Å²) in [5.74, 6) is -2.59. The second-order valence-electron chi connectivity index (χ2n) is 7.13. The predicted molar refractivity (Wildman–Crippen MR) is 98.2 cm³/mol. The summed E-state index contributed by atoms with van der Waals surface area (Å²) < 4.78 is 55.5. The van der Waals surface area contributed by atoms with Crippen molar-refractivity contribution in [2.24, 2.45) is 5.92 Å². The highest BCUT2D eigenvalue weighted by Gasteiger charge is 2.36. The van der Waals surface area contributed by atoms with E-state index in [0.29, 0.717) is 38.5 Å². The van der Waals surface area contributed by atoms with Gasteiger partial charge < -0.3 is 5.32 Å². The second kappa shape index (κ2) is 8.62. The van der Waals surface area contributed by atoms with Crippen molar-refractivity contribution in [3.05, 3.63) is 29.8 Å². The smallest absolute Gasteiger partial charge is 0.281 e. The molecule has 0 aromatic heterocycles. The fourth-order valence-corrected chi connectivity index (χ4v) is 5.40. The lowest BCUT2D eigenvalue weighted by Crippen LogP contribution is -2.50. The van der Waals surface area contributed by atoms with Gasteiger partial charge in [-0.05, 0) is 37.8 Å². The molecule has 27 heavy (non-hydrogen) atoms. The van der Waals surface area contributed by atoms with Gasteiger partial charge in [0, 0.05) is 32.2 Å². The SMILES string of the molecule is O=C(Nc1ccc(F)cc1F)C1CCCN(S(=O)(=O)N2CCCCCC2)C1. The van der Waals surface area contributed by atoms with Crippen LogP contribution in [0.2, 0.25) is 0 Å². The minimum atomic E-state index is -3.60. The second-order valence-corrected chi connectivity index (χ2v) is 9.06. The molecule has 9 heteroatoms. The quantitative estimate of drug-likeness (QED) is 0.843. The Morgan fingerprint density at radius 3 is 2.33 bits per heavy atom. The molecule has 0 aliphatic carbocycles.